The Hall–Kier alpha value is 0.0900. The molecule has 1 unspecified atom stereocenters. The van der Waals surface area contributed by atoms with E-state index in [2.05, 4.69) is 21.1 Å². The summed E-state index contributed by atoms with van der Waals surface area (Å²) in [7, 11) is 2.57. The summed E-state index contributed by atoms with van der Waals surface area (Å²) in [6.07, 6.45) is 0. The van der Waals surface area contributed by atoms with E-state index in [-0.39, 0.29) is 0 Å². The monoisotopic (exact) mass is 200 g/mol. The first kappa shape index (κ1) is 9.18. The van der Waals surface area contributed by atoms with Crippen molar-refractivity contribution >= 4 is 37.4 Å². The van der Waals surface area contributed by atoms with E-state index in [9.17, 15) is 0 Å². The molecule has 1 aromatic carbocycles. The van der Waals surface area contributed by atoms with Crippen molar-refractivity contribution in [3.63, 3.8) is 0 Å². The zero-order valence-corrected chi connectivity index (χ0v) is 8.76. The molecule has 0 fully saturated rings. The van der Waals surface area contributed by atoms with Gasteiger partial charge in [0, 0.05) is 4.91 Å². The Morgan fingerprint density at radius 2 is 2.00 bits per heavy atom. The van der Waals surface area contributed by atoms with E-state index in [0.29, 0.717) is 0 Å². The van der Waals surface area contributed by atoms with Crippen LogP contribution in [0.1, 0.15) is 5.56 Å². The molecular formula is C8H9PS2. The van der Waals surface area contributed by atoms with Gasteiger partial charge in [0.1, 0.15) is 0 Å². The van der Waals surface area contributed by atoms with Crippen LogP contribution in [-0.2, 0) is 0 Å². The highest BCUT2D eigenvalue weighted by molar-refractivity contribution is 8.45. The molecule has 0 nitrogen and oxygen atoms in total. The first-order chi connectivity index (χ1) is 5.34. The lowest BCUT2D eigenvalue weighted by atomic mass is 10.2. The Balaban J connectivity index is 2.85. The van der Waals surface area contributed by atoms with Gasteiger partial charge < -0.3 is 0 Å². The minimum absolute atomic E-state index is 1.01. The summed E-state index contributed by atoms with van der Waals surface area (Å²) in [6.45, 7) is 0. The molecule has 0 aromatic heterocycles. The van der Waals surface area contributed by atoms with E-state index in [1.165, 1.54) is 0 Å². The first-order valence-electron chi connectivity index (χ1n) is 3.14. The van der Waals surface area contributed by atoms with Gasteiger partial charge in [0.15, 0.2) is 0 Å². The zero-order chi connectivity index (χ0) is 8.10. The molecule has 0 aliphatic rings. The third kappa shape index (κ3) is 2.90. The van der Waals surface area contributed by atoms with Gasteiger partial charge in [-0.05, 0) is 11.0 Å². The van der Waals surface area contributed by atoms with Gasteiger partial charge in [0.05, 0.1) is 0 Å². The van der Waals surface area contributed by atoms with Crippen LogP contribution < -0.4 is 0 Å². The molecule has 0 spiro atoms. The molecule has 58 valence electrons. The Morgan fingerprint density at radius 3 is 2.55 bits per heavy atom. The molecule has 0 radical (unpaired) electrons. The summed E-state index contributed by atoms with van der Waals surface area (Å²) >= 11 is 5.91. The second-order valence-corrected chi connectivity index (χ2v) is 3.81. The second kappa shape index (κ2) is 4.87. The lowest BCUT2D eigenvalue weighted by Crippen LogP contribution is -1.72. The fraction of sp³-hybridized carbons (Fsp3) is 0. The van der Waals surface area contributed by atoms with Crippen molar-refractivity contribution in [1.29, 1.82) is 0 Å². The quantitative estimate of drug-likeness (QED) is 0.563. The molecule has 0 saturated heterocycles. The van der Waals surface area contributed by atoms with Crippen molar-refractivity contribution in [3.05, 3.63) is 41.3 Å². The third-order valence-electron chi connectivity index (χ3n) is 1.25. The lowest BCUT2D eigenvalue weighted by Gasteiger charge is -1.97. The third-order valence-corrected chi connectivity index (χ3v) is 2.59. The highest BCUT2D eigenvalue weighted by atomic mass is 32.7. The number of hydrogen-bond acceptors (Lipinski definition) is 2. The van der Waals surface area contributed by atoms with Crippen LogP contribution in [-0.4, -0.2) is 0 Å². The average molecular weight is 200 g/mol. The molecule has 0 heterocycles. The van der Waals surface area contributed by atoms with Crippen molar-refractivity contribution in [2.45, 2.75) is 0 Å². The van der Waals surface area contributed by atoms with E-state index in [1.807, 2.05) is 35.7 Å². The summed E-state index contributed by atoms with van der Waals surface area (Å²) in [6, 6.07) is 10.1. The van der Waals surface area contributed by atoms with Gasteiger partial charge in [-0.2, -0.15) is 0 Å². The van der Waals surface area contributed by atoms with Crippen molar-refractivity contribution < 1.29 is 0 Å². The number of benzene rings is 1. The van der Waals surface area contributed by atoms with Crippen molar-refractivity contribution in [2.24, 2.45) is 0 Å². The second-order valence-electron chi connectivity index (χ2n) is 2.01. The molecule has 1 atom stereocenters. The Bertz CT molecular complexity index is 244. The van der Waals surface area contributed by atoms with E-state index >= 15 is 0 Å². The molecule has 3 heteroatoms. The smallest absolute Gasteiger partial charge is 0.0179 e. The van der Waals surface area contributed by atoms with Crippen LogP contribution in [0.25, 0.3) is 4.91 Å². The van der Waals surface area contributed by atoms with Crippen molar-refractivity contribution in [3.8, 4) is 0 Å². The summed E-state index contributed by atoms with van der Waals surface area (Å²) in [5.74, 6) is 0. The molecular weight excluding hydrogens is 191 g/mol. The minimum Gasteiger partial charge on any atom is -0.142 e. The van der Waals surface area contributed by atoms with E-state index < -0.39 is 0 Å². The molecule has 0 bridgehead atoms. The van der Waals surface area contributed by atoms with Crippen LogP contribution >= 0.6 is 32.5 Å². The first-order valence-corrected chi connectivity index (χ1v) is 5.95. The number of rotatable bonds is 2. The summed E-state index contributed by atoms with van der Waals surface area (Å²) in [4.78, 5) is 1.01. The van der Waals surface area contributed by atoms with E-state index in [0.717, 1.165) is 10.5 Å². The largest absolute Gasteiger partial charge is 0.142 e. The Kier molecular flexibility index (Phi) is 4.06. The maximum absolute atomic E-state index is 4.33. The molecule has 0 aliphatic heterocycles. The highest BCUT2D eigenvalue weighted by Gasteiger charge is 1.91. The SMILES string of the molecule is PS/C=C(\S)c1ccccc1. The van der Waals surface area contributed by atoms with Crippen molar-refractivity contribution in [2.75, 3.05) is 0 Å². The predicted molar refractivity (Wildman–Crippen MR) is 60.7 cm³/mol. The molecule has 11 heavy (non-hydrogen) atoms. The maximum atomic E-state index is 4.33. The predicted octanol–water partition coefficient (Wildman–Crippen LogP) is 3.44. The van der Waals surface area contributed by atoms with Gasteiger partial charge in [-0.25, -0.2) is 0 Å². The van der Waals surface area contributed by atoms with Crippen LogP contribution in [0.2, 0.25) is 0 Å². The Morgan fingerprint density at radius 1 is 1.36 bits per heavy atom. The number of hydrogen-bond donors (Lipinski definition) is 1. The van der Waals surface area contributed by atoms with Gasteiger partial charge in [0.25, 0.3) is 0 Å². The molecule has 0 aliphatic carbocycles. The van der Waals surface area contributed by atoms with Crippen LogP contribution in [0.15, 0.2) is 35.7 Å². The standard InChI is InChI=1S/C8H9PS2/c9-11-6-8(10)7-4-2-1-3-5-7/h1-6,10H,9H2/b8-6-. The molecule has 0 saturated carbocycles. The van der Waals surface area contributed by atoms with Gasteiger partial charge in [-0.3, -0.25) is 0 Å². The minimum atomic E-state index is 1.01. The van der Waals surface area contributed by atoms with Gasteiger partial charge >= 0.3 is 0 Å². The zero-order valence-electron chi connectivity index (χ0n) is 5.90. The summed E-state index contributed by atoms with van der Waals surface area (Å²) < 4.78 is 0. The summed E-state index contributed by atoms with van der Waals surface area (Å²) in [5, 5.41) is 1.99. The lowest BCUT2D eigenvalue weighted by molar-refractivity contribution is 1.66. The van der Waals surface area contributed by atoms with Crippen molar-refractivity contribution in [1.82, 2.24) is 0 Å². The van der Waals surface area contributed by atoms with Crippen LogP contribution in [0.5, 0.6) is 0 Å². The molecule has 1 rings (SSSR count). The highest BCUT2D eigenvalue weighted by Crippen LogP contribution is 2.24. The number of thiol groups is 1. The van der Waals surface area contributed by atoms with Gasteiger partial charge in [0.2, 0.25) is 0 Å². The van der Waals surface area contributed by atoms with Crippen LogP contribution in [0, 0.1) is 0 Å². The summed E-state index contributed by atoms with van der Waals surface area (Å²) in [5.41, 5.74) is 1.16. The molecule has 0 N–H and O–H groups in total. The Labute approximate surface area is 78.8 Å². The van der Waals surface area contributed by atoms with Crippen LogP contribution in [0.3, 0.4) is 0 Å². The van der Waals surface area contributed by atoms with E-state index in [1.54, 1.807) is 11.4 Å². The topological polar surface area (TPSA) is 0 Å². The van der Waals surface area contributed by atoms with Gasteiger partial charge in [-0.15, -0.1) is 24.0 Å². The average Bonchev–Trinajstić information content (AvgIpc) is 2.07. The normalized spacial score (nSPS) is 11.6. The van der Waals surface area contributed by atoms with E-state index in [4.69, 9.17) is 0 Å². The fourth-order valence-electron chi connectivity index (χ4n) is 0.741. The van der Waals surface area contributed by atoms with Gasteiger partial charge in [-0.1, -0.05) is 38.8 Å². The fourth-order valence-corrected chi connectivity index (χ4v) is 2.09. The maximum Gasteiger partial charge on any atom is 0.0179 e. The molecule has 0 amide bonds. The molecule has 1 aromatic rings. The van der Waals surface area contributed by atoms with Crippen LogP contribution in [0.4, 0.5) is 0 Å².